The van der Waals surface area contributed by atoms with Gasteiger partial charge in [0.2, 0.25) is 5.91 Å². The second kappa shape index (κ2) is 8.15. The van der Waals surface area contributed by atoms with Gasteiger partial charge in [-0.2, -0.15) is 0 Å². The van der Waals surface area contributed by atoms with E-state index in [1.807, 2.05) is 7.05 Å². The van der Waals surface area contributed by atoms with Crippen LogP contribution >= 0.6 is 11.8 Å². The minimum atomic E-state index is 0.116. The Labute approximate surface area is 142 Å². The van der Waals surface area contributed by atoms with Gasteiger partial charge in [0, 0.05) is 25.6 Å². The van der Waals surface area contributed by atoms with E-state index in [0.29, 0.717) is 17.7 Å². The third kappa shape index (κ3) is 4.47. The fraction of sp³-hybridized carbons (Fsp3) is 0.812. The standard InChI is InChI=1S/C16H27N5OS/c1-21-15(12-6-5-9-17-10-12)19-20-16(21)23-11-14(22)18-13-7-3-2-4-8-13/h12-13,17H,2-11H2,1H3,(H,18,22)/t12-/m0/s1. The maximum absolute atomic E-state index is 12.1. The van der Waals surface area contributed by atoms with E-state index >= 15 is 0 Å². The Morgan fingerprint density at radius 3 is 2.83 bits per heavy atom. The summed E-state index contributed by atoms with van der Waals surface area (Å²) in [5.74, 6) is 2.01. The summed E-state index contributed by atoms with van der Waals surface area (Å²) in [6.07, 6.45) is 8.37. The lowest BCUT2D eigenvalue weighted by Gasteiger charge is -2.22. The molecule has 2 fully saturated rings. The van der Waals surface area contributed by atoms with E-state index in [9.17, 15) is 4.79 Å². The van der Waals surface area contributed by atoms with Crippen LogP contribution in [-0.4, -0.2) is 45.6 Å². The average Bonchev–Trinajstić information content (AvgIpc) is 2.95. The molecule has 1 aromatic rings. The molecule has 1 saturated carbocycles. The van der Waals surface area contributed by atoms with Crippen molar-refractivity contribution in [3.05, 3.63) is 5.82 Å². The van der Waals surface area contributed by atoms with Crippen LogP contribution in [0.25, 0.3) is 0 Å². The molecule has 1 aliphatic carbocycles. The Morgan fingerprint density at radius 1 is 1.26 bits per heavy atom. The molecule has 2 N–H and O–H groups in total. The summed E-state index contributed by atoms with van der Waals surface area (Å²) in [4.78, 5) is 12.1. The Morgan fingerprint density at radius 2 is 2.09 bits per heavy atom. The van der Waals surface area contributed by atoms with Crippen molar-refractivity contribution >= 4 is 17.7 Å². The molecule has 2 aliphatic rings. The molecule has 0 spiro atoms. The van der Waals surface area contributed by atoms with E-state index in [2.05, 4.69) is 25.4 Å². The van der Waals surface area contributed by atoms with Crippen LogP contribution in [0.5, 0.6) is 0 Å². The lowest BCUT2D eigenvalue weighted by molar-refractivity contribution is -0.119. The highest BCUT2D eigenvalue weighted by Gasteiger charge is 2.22. The van der Waals surface area contributed by atoms with Gasteiger partial charge < -0.3 is 15.2 Å². The fourth-order valence-corrected chi connectivity index (χ4v) is 4.26. The summed E-state index contributed by atoms with van der Waals surface area (Å²) in [6.45, 7) is 2.07. The quantitative estimate of drug-likeness (QED) is 0.802. The Balaban J connectivity index is 1.49. The zero-order chi connectivity index (χ0) is 16.1. The number of carbonyl (C=O) groups excluding carboxylic acids is 1. The largest absolute Gasteiger partial charge is 0.353 e. The van der Waals surface area contributed by atoms with Crippen molar-refractivity contribution < 1.29 is 4.79 Å². The smallest absolute Gasteiger partial charge is 0.230 e. The van der Waals surface area contributed by atoms with Crippen LogP contribution in [0.15, 0.2) is 5.16 Å². The molecule has 1 atom stereocenters. The fourth-order valence-electron chi connectivity index (χ4n) is 3.53. The molecule has 1 aliphatic heterocycles. The highest BCUT2D eigenvalue weighted by Crippen LogP contribution is 2.25. The van der Waals surface area contributed by atoms with E-state index < -0.39 is 0 Å². The Bertz CT molecular complexity index is 521. The first-order valence-corrected chi connectivity index (χ1v) is 9.75. The second-order valence-corrected chi connectivity index (χ2v) is 7.58. The molecule has 1 saturated heterocycles. The zero-order valence-electron chi connectivity index (χ0n) is 13.9. The molecule has 0 aromatic carbocycles. The summed E-state index contributed by atoms with van der Waals surface area (Å²) in [5.41, 5.74) is 0. The predicted molar refractivity (Wildman–Crippen MR) is 91.6 cm³/mol. The Kier molecular flexibility index (Phi) is 5.94. The van der Waals surface area contributed by atoms with Crippen LogP contribution in [0.1, 0.15) is 56.7 Å². The van der Waals surface area contributed by atoms with Crippen molar-refractivity contribution in [3.63, 3.8) is 0 Å². The van der Waals surface area contributed by atoms with Crippen LogP contribution in [0, 0.1) is 0 Å². The van der Waals surface area contributed by atoms with Crippen molar-refractivity contribution in [2.45, 2.75) is 62.1 Å². The van der Waals surface area contributed by atoms with E-state index in [-0.39, 0.29) is 5.91 Å². The SMILES string of the molecule is Cn1c(SCC(=O)NC2CCCCC2)nnc1[C@H]1CCCNC1. The van der Waals surface area contributed by atoms with Gasteiger partial charge in [-0.3, -0.25) is 4.79 Å². The van der Waals surface area contributed by atoms with Gasteiger partial charge >= 0.3 is 0 Å². The molecule has 6 nitrogen and oxygen atoms in total. The molecule has 23 heavy (non-hydrogen) atoms. The van der Waals surface area contributed by atoms with E-state index in [4.69, 9.17) is 0 Å². The van der Waals surface area contributed by atoms with E-state index in [1.165, 1.54) is 37.4 Å². The zero-order valence-corrected chi connectivity index (χ0v) is 14.7. The van der Waals surface area contributed by atoms with E-state index in [1.54, 1.807) is 0 Å². The first-order valence-electron chi connectivity index (χ1n) is 8.76. The first-order chi connectivity index (χ1) is 11.2. The maximum atomic E-state index is 12.1. The van der Waals surface area contributed by atoms with Gasteiger partial charge in [-0.15, -0.1) is 10.2 Å². The minimum absolute atomic E-state index is 0.116. The molecule has 0 radical (unpaired) electrons. The van der Waals surface area contributed by atoms with Crippen LogP contribution in [0.4, 0.5) is 0 Å². The van der Waals surface area contributed by atoms with Gasteiger partial charge in [0.25, 0.3) is 0 Å². The highest BCUT2D eigenvalue weighted by molar-refractivity contribution is 7.99. The number of aromatic nitrogens is 3. The number of rotatable bonds is 5. The topological polar surface area (TPSA) is 71.8 Å². The summed E-state index contributed by atoms with van der Waals surface area (Å²) in [6, 6.07) is 0.375. The number of nitrogens with zero attached hydrogens (tertiary/aromatic N) is 3. The minimum Gasteiger partial charge on any atom is -0.353 e. The van der Waals surface area contributed by atoms with Gasteiger partial charge in [0.15, 0.2) is 5.16 Å². The van der Waals surface area contributed by atoms with Crippen molar-refractivity contribution in [3.8, 4) is 0 Å². The lowest BCUT2D eigenvalue weighted by Crippen LogP contribution is -2.37. The van der Waals surface area contributed by atoms with Gasteiger partial charge in [-0.1, -0.05) is 31.0 Å². The van der Waals surface area contributed by atoms with Gasteiger partial charge in [-0.05, 0) is 32.2 Å². The number of hydrogen-bond donors (Lipinski definition) is 2. The highest BCUT2D eigenvalue weighted by atomic mass is 32.2. The molecule has 0 bridgehead atoms. The van der Waals surface area contributed by atoms with E-state index in [0.717, 1.165) is 43.3 Å². The van der Waals surface area contributed by atoms with Gasteiger partial charge in [-0.25, -0.2) is 0 Å². The average molecular weight is 337 g/mol. The molecule has 7 heteroatoms. The third-order valence-corrected chi connectivity index (χ3v) is 5.85. The maximum Gasteiger partial charge on any atom is 0.230 e. The first kappa shape index (κ1) is 16.8. The van der Waals surface area contributed by atoms with Gasteiger partial charge in [0.1, 0.15) is 5.82 Å². The number of thioether (sulfide) groups is 1. The normalized spacial score (nSPS) is 22.9. The molecule has 2 heterocycles. The molecule has 1 amide bonds. The number of carbonyl (C=O) groups is 1. The van der Waals surface area contributed by atoms with Crippen LogP contribution in [0.3, 0.4) is 0 Å². The molecular weight excluding hydrogens is 310 g/mol. The Hall–Kier alpha value is -1.08. The van der Waals surface area contributed by atoms with Crippen LogP contribution < -0.4 is 10.6 Å². The molecule has 0 unspecified atom stereocenters. The van der Waals surface area contributed by atoms with Crippen molar-refractivity contribution in [1.82, 2.24) is 25.4 Å². The van der Waals surface area contributed by atoms with Crippen molar-refractivity contribution in [1.29, 1.82) is 0 Å². The van der Waals surface area contributed by atoms with Crippen LogP contribution in [0.2, 0.25) is 0 Å². The number of nitrogens with one attached hydrogen (secondary N) is 2. The summed E-state index contributed by atoms with van der Waals surface area (Å²) in [5, 5.41) is 16.0. The molecule has 3 rings (SSSR count). The van der Waals surface area contributed by atoms with Crippen molar-refractivity contribution in [2.75, 3.05) is 18.8 Å². The van der Waals surface area contributed by atoms with Crippen molar-refractivity contribution in [2.24, 2.45) is 7.05 Å². The molecule has 128 valence electrons. The number of piperidine rings is 1. The predicted octanol–water partition coefficient (Wildman–Crippen LogP) is 1.82. The van der Waals surface area contributed by atoms with Crippen LogP contribution in [-0.2, 0) is 11.8 Å². The number of hydrogen-bond acceptors (Lipinski definition) is 5. The number of amides is 1. The lowest BCUT2D eigenvalue weighted by atomic mass is 9.95. The molecular formula is C16H27N5OS. The molecule has 1 aromatic heterocycles. The van der Waals surface area contributed by atoms with Gasteiger partial charge in [0.05, 0.1) is 5.75 Å². The second-order valence-electron chi connectivity index (χ2n) is 6.63. The third-order valence-electron chi connectivity index (χ3n) is 4.83. The summed E-state index contributed by atoms with van der Waals surface area (Å²) < 4.78 is 2.05. The summed E-state index contributed by atoms with van der Waals surface area (Å²) in [7, 11) is 2.01. The monoisotopic (exact) mass is 337 g/mol. The summed E-state index contributed by atoms with van der Waals surface area (Å²) >= 11 is 1.49.